The lowest BCUT2D eigenvalue weighted by molar-refractivity contribution is 0.0594. The number of nitrogens with zero attached hydrogens (tertiary/aromatic N) is 4. The van der Waals surface area contributed by atoms with Gasteiger partial charge in [0, 0.05) is 43.9 Å². The van der Waals surface area contributed by atoms with Crippen molar-refractivity contribution in [2.45, 2.75) is 25.9 Å². The Hall–Kier alpha value is -3.46. The number of H-pyrrole nitrogens is 1. The Morgan fingerprint density at radius 3 is 2.94 bits per heavy atom. The third-order valence-electron chi connectivity index (χ3n) is 6.24. The van der Waals surface area contributed by atoms with Crippen molar-refractivity contribution < 1.29 is 14.3 Å². The highest BCUT2D eigenvalue weighted by atomic mass is 16.5. The van der Waals surface area contributed by atoms with Crippen LogP contribution in [0.25, 0.3) is 11.0 Å². The van der Waals surface area contributed by atoms with Crippen LogP contribution in [0.15, 0.2) is 35.3 Å². The van der Waals surface area contributed by atoms with Gasteiger partial charge in [-0.3, -0.25) is 9.69 Å². The number of pyridine rings is 1. The molecule has 32 heavy (non-hydrogen) atoms. The van der Waals surface area contributed by atoms with Gasteiger partial charge in [-0.1, -0.05) is 0 Å². The van der Waals surface area contributed by atoms with Gasteiger partial charge < -0.3 is 19.4 Å². The van der Waals surface area contributed by atoms with Crippen LogP contribution in [0.5, 0.6) is 5.75 Å². The van der Waals surface area contributed by atoms with Crippen molar-refractivity contribution in [1.29, 1.82) is 0 Å². The summed E-state index contributed by atoms with van der Waals surface area (Å²) in [6.45, 7) is 5.66. The maximum absolute atomic E-state index is 12.0. The first-order valence-corrected chi connectivity index (χ1v) is 10.7. The lowest BCUT2D eigenvalue weighted by Crippen LogP contribution is -2.53. The van der Waals surface area contributed by atoms with Crippen LogP contribution in [0.3, 0.4) is 0 Å². The summed E-state index contributed by atoms with van der Waals surface area (Å²) in [7, 11) is 1.35. The predicted octanol–water partition coefficient (Wildman–Crippen LogP) is 1.89. The molecule has 2 aromatic heterocycles. The summed E-state index contributed by atoms with van der Waals surface area (Å²) in [6, 6.07) is 7.86. The zero-order valence-corrected chi connectivity index (χ0v) is 18.1. The smallest absolute Gasteiger partial charge is 0.356 e. The van der Waals surface area contributed by atoms with Crippen LogP contribution in [0.1, 0.15) is 28.2 Å². The minimum atomic E-state index is -0.434. The monoisotopic (exact) mass is 435 g/mol. The first-order chi connectivity index (χ1) is 15.5. The number of fused-ring (bicyclic) bond motifs is 3. The molecule has 0 bridgehead atoms. The van der Waals surface area contributed by atoms with Gasteiger partial charge in [-0.05, 0) is 31.5 Å². The Morgan fingerprint density at radius 1 is 1.28 bits per heavy atom. The summed E-state index contributed by atoms with van der Waals surface area (Å²) < 4.78 is 10.8. The predicted molar refractivity (Wildman–Crippen MR) is 119 cm³/mol. The molecule has 1 aromatic carbocycles. The van der Waals surface area contributed by atoms with Crippen molar-refractivity contribution in [2.75, 3.05) is 38.3 Å². The molecule has 0 radical (unpaired) electrons. The number of hydrogen-bond acceptors (Lipinski definition) is 8. The SMILES string of the molecule is COC(=O)c1ccc(N2CCN3Cc4cc5[nH]c(=O)c(C)nc5cc4OCC[C@@H]3C2)cn1. The van der Waals surface area contributed by atoms with Gasteiger partial charge in [0.25, 0.3) is 5.56 Å². The van der Waals surface area contributed by atoms with Crippen molar-refractivity contribution >= 4 is 22.7 Å². The van der Waals surface area contributed by atoms with Gasteiger partial charge in [-0.15, -0.1) is 0 Å². The van der Waals surface area contributed by atoms with E-state index in [1.165, 1.54) is 7.11 Å². The molecular weight excluding hydrogens is 410 g/mol. The highest BCUT2D eigenvalue weighted by Crippen LogP contribution is 2.30. The van der Waals surface area contributed by atoms with E-state index in [1.54, 1.807) is 19.2 Å². The number of aromatic nitrogens is 3. The van der Waals surface area contributed by atoms with Gasteiger partial charge in [0.1, 0.15) is 17.1 Å². The van der Waals surface area contributed by atoms with Crippen molar-refractivity contribution in [3.63, 3.8) is 0 Å². The van der Waals surface area contributed by atoms with Crippen molar-refractivity contribution in [3.05, 3.63) is 57.8 Å². The third kappa shape index (κ3) is 3.80. The van der Waals surface area contributed by atoms with Gasteiger partial charge in [-0.2, -0.15) is 0 Å². The van der Waals surface area contributed by atoms with E-state index in [0.29, 0.717) is 24.0 Å². The first-order valence-electron chi connectivity index (χ1n) is 10.7. The Morgan fingerprint density at radius 2 is 2.16 bits per heavy atom. The molecule has 4 heterocycles. The number of aryl methyl sites for hydroxylation is 1. The van der Waals surface area contributed by atoms with Crippen molar-refractivity contribution in [1.82, 2.24) is 19.9 Å². The Labute approximate surface area is 185 Å². The second-order valence-corrected chi connectivity index (χ2v) is 8.23. The summed E-state index contributed by atoms with van der Waals surface area (Å²) in [5, 5.41) is 0. The molecule has 0 spiro atoms. The van der Waals surface area contributed by atoms with E-state index in [9.17, 15) is 9.59 Å². The fourth-order valence-electron chi connectivity index (χ4n) is 4.44. The molecule has 1 atom stereocenters. The van der Waals surface area contributed by atoms with Gasteiger partial charge >= 0.3 is 5.97 Å². The van der Waals surface area contributed by atoms with Crippen LogP contribution in [-0.4, -0.2) is 65.2 Å². The third-order valence-corrected chi connectivity index (χ3v) is 6.24. The normalized spacial score (nSPS) is 18.8. The molecule has 2 aliphatic rings. The van der Waals surface area contributed by atoms with Crippen LogP contribution in [0, 0.1) is 6.92 Å². The van der Waals surface area contributed by atoms with E-state index in [2.05, 4.69) is 24.8 Å². The molecule has 1 N–H and O–H groups in total. The highest BCUT2D eigenvalue weighted by molar-refractivity contribution is 5.87. The maximum Gasteiger partial charge on any atom is 0.356 e. The molecular formula is C23H25N5O4. The molecule has 2 aliphatic heterocycles. The second kappa shape index (κ2) is 8.23. The van der Waals surface area contributed by atoms with Crippen LogP contribution < -0.4 is 15.2 Å². The largest absolute Gasteiger partial charge is 0.493 e. The Bertz CT molecular complexity index is 1220. The van der Waals surface area contributed by atoms with Crippen LogP contribution in [0.2, 0.25) is 0 Å². The van der Waals surface area contributed by atoms with Gasteiger partial charge in [0.05, 0.1) is 36.6 Å². The number of methoxy groups -OCH3 is 1. The number of ether oxygens (including phenoxy) is 2. The summed E-state index contributed by atoms with van der Waals surface area (Å²) in [5.74, 6) is 0.399. The van der Waals surface area contributed by atoms with E-state index in [1.807, 2.05) is 18.2 Å². The van der Waals surface area contributed by atoms with Crippen molar-refractivity contribution in [3.8, 4) is 5.75 Å². The van der Waals surface area contributed by atoms with Crippen LogP contribution >= 0.6 is 0 Å². The maximum atomic E-state index is 12.0. The molecule has 0 amide bonds. The first kappa shape index (κ1) is 20.4. The Kier molecular flexibility index (Phi) is 5.26. The number of piperazine rings is 1. The number of esters is 1. The summed E-state index contributed by atoms with van der Waals surface area (Å²) in [6.07, 6.45) is 2.63. The molecule has 1 saturated heterocycles. The number of carbonyl (C=O) groups excluding carboxylic acids is 1. The van der Waals surface area contributed by atoms with Gasteiger partial charge in [0.2, 0.25) is 0 Å². The second-order valence-electron chi connectivity index (χ2n) is 8.23. The van der Waals surface area contributed by atoms with E-state index < -0.39 is 5.97 Å². The molecule has 0 saturated carbocycles. The number of anilines is 1. The summed E-state index contributed by atoms with van der Waals surface area (Å²) in [5.41, 5.74) is 4.12. The average Bonchev–Trinajstić information content (AvgIpc) is 2.79. The van der Waals surface area contributed by atoms with E-state index in [-0.39, 0.29) is 5.56 Å². The molecule has 166 valence electrons. The Balaban J connectivity index is 1.36. The van der Waals surface area contributed by atoms with Crippen LogP contribution in [-0.2, 0) is 11.3 Å². The lowest BCUT2D eigenvalue weighted by Gasteiger charge is -2.43. The van der Waals surface area contributed by atoms with Gasteiger partial charge in [0.15, 0.2) is 0 Å². The van der Waals surface area contributed by atoms with E-state index in [0.717, 1.165) is 60.6 Å². The summed E-state index contributed by atoms with van der Waals surface area (Å²) >= 11 is 0. The minimum absolute atomic E-state index is 0.164. The zero-order valence-electron chi connectivity index (χ0n) is 18.1. The number of benzene rings is 1. The van der Waals surface area contributed by atoms with E-state index >= 15 is 0 Å². The fourth-order valence-corrected chi connectivity index (χ4v) is 4.44. The molecule has 5 rings (SSSR count). The van der Waals surface area contributed by atoms with E-state index in [4.69, 9.17) is 9.47 Å². The van der Waals surface area contributed by atoms with Gasteiger partial charge in [-0.25, -0.2) is 14.8 Å². The zero-order chi connectivity index (χ0) is 22.2. The molecule has 9 nitrogen and oxygen atoms in total. The molecule has 9 heteroatoms. The number of carbonyl (C=O) groups is 1. The molecule has 0 unspecified atom stereocenters. The van der Waals surface area contributed by atoms with Crippen molar-refractivity contribution in [2.24, 2.45) is 0 Å². The molecule has 0 aliphatic carbocycles. The standard InChI is InChI=1S/C23H25N5O4/c1-14-22(29)26-19-9-15-12-27-6-7-28(16-3-4-18(24-11-16)23(30)31-2)13-17(27)5-8-32-21(15)10-20(19)25-14/h3-4,9-11,17H,5-8,12-13H2,1-2H3,(H,26,29)/t17-/m1/s1. The topological polar surface area (TPSA) is 101 Å². The number of hydrogen-bond donors (Lipinski definition) is 1. The number of nitrogens with one attached hydrogen (secondary N) is 1. The molecule has 3 aromatic rings. The number of aromatic amines is 1. The summed E-state index contributed by atoms with van der Waals surface area (Å²) in [4.78, 5) is 40.0. The molecule has 1 fully saturated rings. The highest BCUT2D eigenvalue weighted by Gasteiger charge is 2.30. The average molecular weight is 435 g/mol. The number of rotatable bonds is 2. The minimum Gasteiger partial charge on any atom is -0.493 e. The van der Waals surface area contributed by atoms with Crippen LogP contribution in [0.4, 0.5) is 5.69 Å². The quantitative estimate of drug-likeness (QED) is 0.609. The lowest BCUT2D eigenvalue weighted by atomic mass is 10.0. The fraction of sp³-hybridized carbons (Fsp3) is 0.391.